The summed E-state index contributed by atoms with van der Waals surface area (Å²) in [6.45, 7) is 9.97. The van der Waals surface area contributed by atoms with E-state index in [-0.39, 0.29) is 17.3 Å². The molecule has 2 saturated heterocycles. The topological polar surface area (TPSA) is 32.8 Å². The third-order valence-corrected chi connectivity index (χ3v) is 5.21. The van der Waals surface area contributed by atoms with Crippen LogP contribution < -0.4 is 0 Å². The van der Waals surface area contributed by atoms with Crippen LogP contribution >= 0.6 is 15.9 Å². The first-order chi connectivity index (χ1) is 11.2. The lowest BCUT2D eigenvalue weighted by Crippen LogP contribution is -2.57. The first-order valence-corrected chi connectivity index (χ1v) is 9.09. The molecule has 2 fully saturated rings. The molecule has 6 heteroatoms. The molecule has 24 heavy (non-hydrogen) atoms. The minimum atomic E-state index is -0.450. The monoisotopic (exact) mass is 398 g/mol. The number of amides is 1. The van der Waals surface area contributed by atoms with Crippen molar-refractivity contribution in [1.82, 2.24) is 9.80 Å². The Morgan fingerprint density at radius 3 is 2.67 bits per heavy atom. The third kappa shape index (κ3) is 3.91. The summed E-state index contributed by atoms with van der Waals surface area (Å²) in [5, 5.41) is 0. The fourth-order valence-electron chi connectivity index (χ4n) is 3.59. The van der Waals surface area contributed by atoms with Gasteiger partial charge in [0.25, 0.3) is 0 Å². The summed E-state index contributed by atoms with van der Waals surface area (Å²) in [5.74, 6) is -0.234. The van der Waals surface area contributed by atoms with Crippen molar-refractivity contribution in [3.05, 3.63) is 34.1 Å². The number of benzene rings is 1. The van der Waals surface area contributed by atoms with Gasteiger partial charge in [-0.2, -0.15) is 0 Å². The van der Waals surface area contributed by atoms with E-state index in [1.807, 2.05) is 37.8 Å². The lowest BCUT2D eigenvalue weighted by Gasteiger charge is -2.48. The predicted octanol–water partition coefficient (Wildman–Crippen LogP) is 4.03. The van der Waals surface area contributed by atoms with E-state index in [0.717, 1.165) is 44.7 Å². The molecule has 132 valence electrons. The molecule has 1 aromatic rings. The highest BCUT2D eigenvalue weighted by Gasteiger charge is 2.49. The van der Waals surface area contributed by atoms with E-state index in [9.17, 15) is 9.18 Å². The van der Waals surface area contributed by atoms with Gasteiger partial charge in [-0.3, -0.25) is 4.90 Å². The number of carbonyl (C=O) groups excluding carboxylic acids is 1. The van der Waals surface area contributed by atoms with Gasteiger partial charge in [0, 0.05) is 38.1 Å². The van der Waals surface area contributed by atoms with Crippen molar-refractivity contribution in [1.29, 1.82) is 0 Å². The molecule has 0 N–H and O–H groups in total. The van der Waals surface area contributed by atoms with Crippen molar-refractivity contribution in [3.8, 4) is 0 Å². The highest BCUT2D eigenvalue weighted by Crippen LogP contribution is 2.40. The number of ether oxygens (including phenoxy) is 1. The van der Waals surface area contributed by atoms with Crippen molar-refractivity contribution >= 4 is 22.0 Å². The lowest BCUT2D eigenvalue weighted by atomic mass is 9.79. The zero-order valence-electron chi connectivity index (χ0n) is 14.4. The van der Waals surface area contributed by atoms with Gasteiger partial charge >= 0.3 is 6.09 Å². The second kappa shape index (κ2) is 6.30. The fraction of sp³-hybridized carbons (Fsp3) is 0.611. The number of hydrogen-bond acceptors (Lipinski definition) is 3. The summed E-state index contributed by atoms with van der Waals surface area (Å²) < 4.78 is 19.3. The van der Waals surface area contributed by atoms with Gasteiger partial charge in [-0.05, 0) is 60.8 Å². The van der Waals surface area contributed by atoms with E-state index < -0.39 is 5.60 Å². The zero-order valence-corrected chi connectivity index (χ0v) is 16.0. The van der Waals surface area contributed by atoms with Crippen LogP contribution in [-0.2, 0) is 11.3 Å². The van der Waals surface area contributed by atoms with Crippen molar-refractivity contribution in [2.24, 2.45) is 5.41 Å². The summed E-state index contributed by atoms with van der Waals surface area (Å²) in [6, 6.07) is 5.16. The van der Waals surface area contributed by atoms with E-state index in [4.69, 9.17) is 4.74 Å². The van der Waals surface area contributed by atoms with Gasteiger partial charge < -0.3 is 9.64 Å². The number of carbonyl (C=O) groups is 1. The smallest absolute Gasteiger partial charge is 0.410 e. The molecular formula is C18H24BrFN2O2. The van der Waals surface area contributed by atoms with E-state index in [1.165, 1.54) is 6.07 Å². The minimum absolute atomic E-state index is 0.203. The number of likely N-dealkylation sites (tertiary alicyclic amines) is 2. The molecule has 0 radical (unpaired) electrons. The van der Waals surface area contributed by atoms with Crippen LogP contribution in [0.3, 0.4) is 0 Å². The maximum atomic E-state index is 13.3. The Bertz CT molecular complexity index is 638. The molecule has 4 nitrogen and oxygen atoms in total. The highest BCUT2D eigenvalue weighted by atomic mass is 79.9. The molecule has 3 rings (SSSR count). The van der Waals surface area contributed by atoms with E-state index in [0.29, 0.717) is 4.47 Å². The van der Waals surface area contributed by atoms with Crippen molar-refractivity contribution in [2.75, 3.05) is 26.2 Å². The van der Waals surface area contributed by atoms with E-state index in [2.05, 4.69) is 20.8 Å². The normalized spacial score (nSPS) is 20.3. The van der Waals surface area contributed by atoms with Gasteiger partial charge in [-0.1, -0.05) is 6.07 Å². The van der Waals surface area contributed by atoms with Crippen LogP contribution in [-0.4, -0.2) is 47.7 Å². The summed E-state index contributed by atoms with van der Waals surface area (Å²) >= 11 is 3.23. The molecule has 2 heterocycles. The molecule has 1 aromatic carbocycles. The Hall–Kier alpha value is -1.14. The van der Waals surface area contributed by atoms with Gasteiger partial charge in [-0.25, -0.2) is 9.18 Å². The summed E-state index contributed by atoms with van der Waals surface area (Å²) in [5.41, 5.74) is 0.850. The quantitative estimate of drug-likeness (QED) is 0.753. The minimum Gasteiger partial charge on any atom is -0.444 e. The maximum Gasteiger partial charge on any atom is 0.410 e. The first kappa shape index (κ1) is 17.7. The standard InChI is InChI=1S/C18H24BrFN2O2/c1-17(2,3)24-16(23)22-7-6-18(12-22)10-21(11-18)9-13-4-5-15(20)14(19)8-13/h4-5,8H,6-7,9-12H2,1-3H3. The Morgan fingerprint density at radius 2 is 2.04 bits per heavy atom. The molecule has 0 aliphatic carbocycles. The van der Waals surface area contributed by atoms with Gasteiger partial charge in [0.05, 0.1) is 4.47 Å². The summed E-state index contributed by atoms with van der Waals surface area (Å²) in [7, 11) is 0. The van der Waals surface area contributed by atoms with Crippen LogP contribution in [0.25, 0.3) is 0 Å². The Morgan fingerprint density at radius 1 is 1.33 bits per heavy atom. The van der Waals surface area contributed by atoms with Crippen molar-refractivity contribution in [2.45, 2.75) is 39.3 Å². The van der Waals surface area contributed by atoms with E-state index in [1.54, 1.807) is 0 Å². The molecule has 2 aliphatic rings. The van der Waals surface area contributed by atoms with Gasteiger partial charge in [0.2, 0.25) is 0 Å². The van der Waals surface area contributed by atoms with Crippen molar-refractivity contribution < 1.29 is 13.9 Å². The van der Waals surface area contributed by atoms with Crippen LogP contribution in [0.4, 0.5) is 9.18 Å². The largest absolute Gasteiger partial charge is 0.444 e. The van der Waals surface area contributed by atoms with Crippen molar-refractivity contribution in [3.63, 3.8) is 0 Å². The molecule has 0 saturated carbocycles. The second-order valence-electron chi connectivity index (χ2n) is 8.05. The predicted molar refractivity (Wildman–Crippen MR) is 94.2 cm³/mol. The van der Waals surface area contributed by atoms with Gasteiger partial charge in [0.15, 0.2) is 0 Å². The summed E-state index contributed by atoms with van der Waals surface area (Å²) in [6.07, 6.45) is 0.816. The van der Waals surface area contributed by atoms with Gasteiger partial charge in [0.1, 0.15) is 11.4 Å². The second-order valence-corrected chi connectivity index (χ2v) is 8.90. The van der Waals surface area contributed by atoms with Crippen LogP contribution in [0.5, 0.6) is 0 Å². The first-order valence-electron chi connectivity index (χ1n) is 8.30. The van der Waals surface area contributed by atoms with Crippen LogP contribution in [0.15, 0.2) is 22.7 Å². The van der Waals surface area contributed by atoms with Crippen LogP contribution in [0.1, 0.15) is 32.8 Å². The Balaban J connectivity index is 1.51. The third-order valence-electron chi connectivity index (χ3n) is 4.60. The molecule has 2 aliphatic heterocycles. The molecule has 1 spiro atoms. The molecule has 0 unspecified atom stereocenters. The van der Waals surface area contributed by atoms with Crippen LogP contribution in [0, 0.1) is 11.2 Å². The Kier molecular flexibility index (Phi) is 4.64. The van der Waals surface area contributed by atoms with Gasteiger partial charge in [-0.15, -0.1) is 0 Å². The zero-order chi connectivity index (χ0) is 17.5. The molecule has 0 bridgehead atoms. The fourth-order valence-corrected chi connectivity index (χ4v) is 4.01. The number of nitrogens with zero attached hydrogens (tertiary/aromatic N) is 2. The van der Waals surface area contributed by atoms with E-state index >= 15 is 0 Å². The molecule has 1 amide bonds. The SMILES string of the molecule is CC(C)(C)OC(=O)N1CCC2(CN(Cc3ccc(F)c(Br)c3)C2)C1. The average Bonchev–Trinajstić information content (AvgIpc) is 2.86. The highest BCUT2D eigenvalue weighted by molar-refractivity contribution is 9.10. The van der Waals surface area contributed by atoms with Crippen LogP contribution in [0.2, 0.25) is 0 Å². The molecule has 0 atom stereocenters. The molecular weight excluding hydrogens is 375 g/mol. The molecule has 0 aromatic heterocycles. The summed E-state index contributed by atoms with van der Waals surface area (Å²) in [4.78, 5) is 16.4. The lowest BCUT2D eigenvalue weighted by molar-refractivity contribution is -0.00616. The number of hydrogen-bond donors (Lipinski definition) is 0. The maximum absolute atomic E-state index is 13.3. The number of rotatable bonds is 2. The average molecular weight is 399 g/mol. The Labute approximate surface area is 151 Å². The number of halogens is 2.